The van der Waals surface area contributed by atoms with Crippen molar-refractivity contribution in [2.45, 2.75) is 25.4 Å². The lowest BCUT2D eigenvalue weighted by Gasteiger charge is -2.11. The predicted molar refractivity (Wildman–Crippen MR) is 44.5 cm³/mol. The van der Waals surface area contributed by atoms with Crippen molar-refractivity contribution in [2.24, 2.45) is 11.5 Å². The highest BCUT2D eigenvalue weighted by molar-refractivity contribution is 5.74. The molecule has 0 saturated carbocycles. The Labute approximate surface area is 70.4 Å². The monoisotopic (exact) mass is 174 g/mol. The Morgan fingerprint density at radius 1 is 1.67 bits per heavy atom. The zero-order valence-electron chi connectivity index (χ0n) is 6.71. The third kappa shape index (κ3) is 6.81. The van der Waals surface area contributed by atoms with Gasteiger partial charge in [-0.25, -0.2) is 0 Å². The normalized spacial score (nSPS) is 12.1. The van der Waals surface area contributed by atoms with E-state index >= 15 is 0 Å². The van der Waals surface area contributed by atoms with Crippen molar-refractivity contribution in [3.05, 3.63) is 0 Å². The molecule has 6 heteroatoms. The van der Waals surface area contributed by atoms with E-state index in [0.717, 1.165) is 0 Å². The van der Waals surface area contributed by atoms with E-state index in [4.69, 9.17) is 22.0 Å². The maximum absolute atomic E-state index is 10.1. The molecular formula is C6H14N4O2. The molecule has 0 saturated heterocycles. The number of guanidine groups is 1. The largest absolute Gasteiger partial charge is 0.481 e. The van der Waals surface area contributed by atoms with Crippen molar-refractivity contribution in [3.63, 3.8) is 0 Å². The van der Waals surface area contributed by atoms with Crippen LogP contribution in [0.3, 0.4) is 0 Å². The van der Waals surface area contributed by atoms with Gasteiger partial charge in [0.1, 0.15) is 0 Å². The average molecular weight is 174 g/mol. The molecule has 0 aliphatic rings. The van der Waals surface area contributed by atoms with Gasteiger partial charge in [-0.05, 0) is 12.8 Å². The lowest BCUT2D eigenvalue weighted by atomic mass is 10.2. The Hall–Kier alpha value is -1.30. The minimum Gasteiger partial charge on any atom is -0.481 e. The summed E-state index contributed by atoms with van der Waals surface area (Å²) in [5.74, 6) is -1.04. The van der Waals surface area contributed by atoms with E-state index < -0.39 is 12.1 Å². The zero-order valence-corrected chi connectivity index (χ0v) is 6.71. The fourth-order valence-electron chi connectivity index (χ4n) is 0.745. The number of hydrogen-bond donors (Lipinski definition) is 5. The topological polar surface area (TPSA) is 125 Å². The van der Waals surface area contributed by atoms with Crippen LogP contribution in [0.25, 0.3) is 0 Å². The summed E-state index contributed by atoms with van der Waals surface area (Å²) in [6, 6.07) is 0. The zero-order chi connectivity index (χ0) is 9.56. The summed E-state index contributed by atoms with van der Waals surface area (Å²) in [6.07, 6.45) is 0.637. The molecule has 7 N–H and O–H groups in total. The van der Waals surface area contributed by atoms with Gasteiger partial charge in [0.2, 0.25) is 0 Å². The average Bonchev–Trinajstić information content (AvgIpc) is 1.84. The van der Waals surface area contributed by atoms with Crippen LogP contribution in [0.2, 0.25) is 0 Å². The number of rotatable bonds is 5. The molecule has 0 heterocycles. The maximum Gasteiger partial charge on any atom is 0.303 e. The first-order chi connectivity index (χ1) is 5.52. The van der Waals surface area contributed by atoms with Crippen LogP contribution in [0.4, 0.5) is 0 Å². The van der Waals surface area contributed by atoms with E-state index in [1.165, 1.54) is 0 Å². The highest BCUT2D eigenvalue weighted by Crippen LogP contribution is 1.96. The van der Waals surface area contributed by atoms with E-state index in [-0.39, 0.29) is 12.4 Å². The number of carbonyl (C=O) groups is 1. The molecule has 12 heavy (non-hydrogen) atoms. The molecule has 6 nitrogen and oxygen atoms in total. The number of nitrogens with two attached hydrogens (primary N) is 2. The molecule has 0 fully saturated rings. The maximum atomic E-state index is 10.1. The third-order valence-corrected chi connectivity index (χ3v) is 1.25. The number of aliphatic carboxylic acids is 1. The fourth-order valence-corrected chi connectivity index (χ4v) is 0.745. The van der Waals surface area contributed by atoms with Gasteiger partial charge in [0.05, 0.1) is 6.17 Å². The Morgan fingerprint density at radius 2 is 2.25 bits per heavy atom. The molecule has 0 bridgehead atoms. The molecular weight excluding hydrogens is 160 g/mol. The van der Waals surface area contributed by atoms with Crippen LogP contribution in [-0.4, -0.2) is 23.2 Å². The van der Waals surface area contributed by atoms with Gasteiger partial charge in [0, 0.05) is 6.42 Å². The summed E-state index contributed by atoms with van der Waals surface area (Å²) in [4.78, 5) is 10.1. The lowest BCUT2D eigenvalue weighted by molar-refractivity contribution is -0.137. The van der Waals surface area contributed by atoms with Crippen LogP contribution in [0, 0.1) is 5.41 Å². The number of nitrogens with one attached hydrogen (secondary N) is 2. The van der Waals surface area contributed by atoms with Crippen LogP contribution in [0.1, 0.15) is 19.3 Å². The van der Waals surface area contributed by atoms with Crippen LogP contribution in [-0.2, 0) is 4.79 Å². The second kappa shape index (κ2) is 5.36. The van der Waals surface area contributed by atoms with E-state index in [0.29, 0.717) is 12.8 Å². The van der Waals surface area contributed by atoms with E-state index in [2.05, 4.69) is 5.32 Å². The van der Waals surface area contributed by atoms with Gasteiger partial charge < -0.3 is 21.9 Å². The summed E-state index contributed by atoms with van der Waals surface area (Å²) < 4.78 is 0. The van der Waals surface area contributed by atoms with Gasteiger partial charge >= 0.3 is 5.97 Å². The summed E-state index contributed by atoms with van der Waals surface area (Å²) in [5.41, 5.74) is 10.4. The van der Waals surface area contributed by atoms with Crippen LogP contribution >= 0.6 is 0 Å². The lowest BCUT2D eigenvalue weighted by Crippen LogP contribution is -2.44. The molecule has 0 amide bonds. The third-order valence-electron chi connectivity index (χ3n) is 1.25. The van der Waals surface area contributed by atoms with E-state index in [1.807, 2.05) is 0 Å². The minimum atomic E-state index is -0.843. The smallest absolute Gasteiger partial charge is 0.303 e. The standard InChI is InChI=1S/C6H14N4O2/c7-4(10-6(8)9)2-1-3-5(11)12/h4H,1-3,7H2,(H,11,12)(H4,8,9,10). The fraction of sp³-hybridized carbons (Fsp3) is 0.667. The minimum absolute atomic E-state index is 0.0906. The summed E-state index contributed by atoms with van der Waals surface area (Å²) in [7, 11) is 0. The Morgan fingerprint density at radius 3 is 2.67 bits per heavy atom. The summed E-state index contributed by atoms with van der Waals surface area (Å²) in [6.45, 7) is 0. The van der Waals surface area contributed by atoms with Crippen LogP contribution in [0.5, 0.6) is 0 Å². The molecule has 0 aromatic rings. The number of carboxylic acid groups (broad SMARTS) is 1. The Bertz CT molecular complexity index is 171. The number of hydrogen-bond acceptors (Lipinski definition) is 3. The van der Waals surface area contributed by atoms with E-state index in [9.17, 15) is 4.79 Å². The SMILES string of the molecule is N=C(N)NC(N)CCCC(=O)O. The first kappa shape index (κ1) is 10.7. The molecule has 0 aliphatic heterocycles. The highest BCUT2D eigenvalue weighted by Gasteiger charge is 2.03. The summed E-state index contributed by atoms with van der Waals surface area (Å²) >= 11 is 0. The van der Waals surface area contributed by atoms with Crippen LogP contribution in [0.15, 0.2) is 0 Å². The van der Waals surface area contributed by atoms with Crippen molar-refractivity contribution >= 4 is 11.9 Å². The van der Waals surface area contributed by atoms with Gasteiger partial charge in [-0.1, -0.05) is 0 Å². The number of carboxylic acids is 1. The van der Waals surface area contributed by atoms with Gasteiger partial charge in [0.25, 0.3) is 0 Å². The molecule has 0 spiro atoms. The molecule has 0 radical (unpaired) electrons. The Balaban J connectivity index is 3.37. The second-order valence-corrected chi connectivity index (χ2v) is 2.45. The first-order valence-electron chi connectivity index (χ1n) is 3.60. The molecule has 0 aromatic heterocycles. The van der Waals surface area contributed by atoms with Crippen molar-refractivity contribution in [1.29, 1.82) is 5.41 Å². The molecule has 1 atom stereocenters. The second-order valence-electron chi connectivity index (χ2n) is 2.45. The van der Waals surface area contributed by atoms with E-state index in [1.54, 1.807) is 0 Å². The van der Waals surface area contributed by atoms with Gasteiger partial charge in [-0.3, -0.25) is 10.2 Å². The summed E-state index contributed by atoms with van der Waals surface area (Å²) in [5, 5.41) is 17.6. The quantitative estimate of drug-likeness (QED) is 0.208. The Kier molecular flexibility index (Phi) is 4.78. The van der Waals surface area contributed by atoms with Crippen molar-refractivity contribution < 1.29 is 9.90 Å². The molecule has 1 unspecified atom stereocenters. The van der Waals surface area contributed by atoms with Crippen molar-refractivity contribution in [1.82, 2.24) is 5.32 Å². The first-order valence-corrected chi connectivity index (χ1v) is 3.60. The predicted octanol–water partition coefficient (Wildman–Crippen LogP) is -0.991. The molecule has 0 aliphatic carbocycles. The van der Waals surface area contributed by atoms with Gasteiger partial charge in [-0.2, -0.15) is 0 Å². The highest BCUT2D eigenvalue weighted by atomic mass is 16.4. The van der Waals surface area contributed by atoms with Crippen molar-refractivity contribution in [3.8, 4) is 0 Å². The molecule has 70 valence electrons. The van der Waals surface area contributed by atoms with Gasteiger partial charge in [0.15, 0.2) is 5.96 Å². The van der Waals surface area contributed by atoms with Crippen molar-refractivity contribution in [2.75, 3.05) is 0 Å². The molecule has 0 rings (SSSR count). The molecule has 0 aromatic carbocycles. The van der Waals surface area contributed by atoms with Crippen LogP contribution < -0.4 is 16.8 Å². The van der Waals surface area contributed by atoms with Gasteiger partial charge in [-0.15, -0.1) is 0 Å².